The predicted octanol–water partition coefficient (Wildman–Crippen LogP) is 1.11. The number of nitro groups is 1. The maximum Gasteiger partial charge on any atom is 0.333 e. The van der Waals surface area contributed by atoms with E-state index in [9.17, 15) is 18.5 Å². The van der Waals surface area contributed by atoms with Crippen LogP contribution in [0, 0.1) is 17.0 Å². The molecule has 0 spiro atoms. The fourth-order valence-electron chi connectivity index (χ4n) is 2.49. The van der Waals surface area contributed by atoms with Gasteiger partial charge in [0.15, 0.2) is 9.84 Å². The smallest absolute Gasteiger partial charge is 0.333 e. The number of hydrogen-bond acceptors (Lipinski definition) is 6. The number of anilines is 1. The molecule has 1 aromatic rings. The summed E-state index contributed by atoms with van der Waals surface area (Å²) in [4.78, 5) is 10.7. The van der Waals surface area contributed by atoms with E-state index < -0.39 is 14.8 Å². The Balaban J connectivity index is 2.30. The first-order chi connectivity index (χ1) is 9.34. The monoisotopic (exact) mass is 302 g/mol. The topological polar surface area (TPSA) is 107 Å². The third-order valence-corrected chi connectivity index (χ3v) is 5.20. The maximum atomic E-state index is 11.6. The van der Waals surface area contributed by atoms with Crippen molar-refractivity contribution in [2.45, 2.75) is 39.3 Å². The van der Waals surface area contributed by atoms with Crippen molar-refractivity contribution >= 4 is 21.3 Å². The first-order valence-corrected chi connectivity index (χ1v) is 8.35. The van der Waals surface area contributed by atoms with Crippen molar-refractivity contribution in [2.75, 3.05) is 16.8 Å². The molecule has 20 heavy (non-hydrogen) atoms. The summed E-state index contributed by atoms with van der Waals surface area (Å²) < 4.78 is 24.8. The van der Waals surface area contributed by atoms with Gasteiger partial charge in [-0.15, -0.1) is 0 Å². The van der Waals surface area contributed by atoms with Crippen LogP contribution in [0.2, 0.25) is 0 Å². The first kappa shape index (κ1) is 14.8. The van der Waals surface area contributed by atoms with Gasteiger partial charge in [0.25, 0.3) is 0 Å². The van der Waals surface area contributed by atoms with Crippen molar-refractivity contribution in [3.8, 4) is 0 Å². The van der Waals surface area contributed by atoms with Crippen LogP contribution in [0.1, 0.15) is 25.5 Å². The highest BCUT2D eigenvalue weighted by molar-refractivity contribution is 7.91. The summed E-state index contributed by atoms with van der Waals surface area (Å²) in [6, 6.07) is -0.297. The van der Waals surface area contributed by atoms with Crippen molar-refractivity contribution in [2.24, 2.45) is 0 Å². The molecule has 0 saturated carbocycles. The molecule has 2 rings (SSSR count). The van der Waals surface area contributed by atoms with Gasteiger partial charge in [-0.05, 0) is 26.7 Å². The number of nitrogens with one attached hydrogen (secondary N) is 1. The molecule has 8 nitrogen and oxygen atoms in total. The van der Waals surface area contributed by atoms with Crippen molar-refractivity contribution in [1.29, 1.82) is 0 Å². The molecule has 1 atom stereocenters. The third-order valence-electron chi connectivity index (χ3n) is 3.38. The van der Waals surface area contributed by atoms with E-state index in [1.165, 1.54) is 4.68 Å². The van der Waals surface area contributed by atoms with Crippen LogP contribution in [0.5, 0.6) is 0 Å². The van der Waals surface area contributed by atoms with Gasteiger partial charge < -0.3 is 5.32 Å². The molecule has 1 fully saturated rings. The van der Waals surface area contributed by atoms with Crippen LogP contribution in [-0.4, -0.2) is 40.7 Å². The average molecular weight is 302 g/mol. The molecule has 1 aromatic heterocycles. The van der Waals surface area contributed by atoms with E-state index in [0.29, 0.717) is 30.9 Å². The zero-order valence-electron chi connectivity index (χ0n) is 11.5. The van der Waals surface area contributed by atoms with E-state index in [2.05, 4.69) is 10.4 Å². The molecule has 0 aliphatic carbocycles. The lowest BCUT2D eigenvalue weighted by atomic mass is 10.2. The van der Waals surface area contributed by atoms with E-state index >= 15 is 0 Å². The van der Waals surface area contributed by atoms with Gasteiger partial charge in [0.1, 0.15) is 5.69 Å². The summed E-state index contributed by atoms with van der Waals surface area (Å²) >= 11 is 0. The summed E-state index contributed by atoms with van der Waals surface area (Å²) in [7, 11) is -3.06. The second kappa shape index (κ2) is 5.39. The predicted molar refractivity (Wildman–Crippen MR) is 74.6 cm³/mol. The van der Waals surface area contributed by atoms with Crippen molar-refractivity contribution < 1.29 is 13.3 Å². The van der Waals surface area contributed by atoms with Gasteiger partial charge in [-0.2, -0.15) is 5.10 Å². The van der Waals surface area contributed by atoms with Crippen molar-refractivity contribution in [3.05, 3.63) is 15.8 Å². The number of hydrogen-bond donors (Lipinski definition) is 1. The molecular formula is C11H18N4O4S. The zero-order chi connectivity index (χ0) is 14.9. The quantitative estimate of drug-likeness (QED) is 0.659. The Bertz CT molecular complexity index is 623. The van der Waals surface area contributed by atoms with Gasteiger partial charge in [0.05, 0.1) is 16.4 Å². The van der Waals surface area contributed by atoms with Crippen LogP contribution in [0.15, 0.2) is 0 Å². The van der Waals surface area contributed by atoms with E-state index in [1.54, 1.807) is 6.92 Å². The Morgan fingerprint density at radius 3 is 2.80 bits per heavy atom. The Morgan fingerprint density at radius 1 is 1.55 bits per heavy atom. The summed E-state index contributed by atoms with van der Waals surface area (Å²) in [5.41, 5.74) is 0.257. The minimum atomic E-state index is -3.06. The molecule has 0 aromatic carbocycles. The number of aromatic nitrogens is 2. The molecule has 0 radical (unpaired) electrons. The Labute approximate surface area is 117 Å². The van der Waals surface area contributed by atoms with Crippen LogP contribution in [0.25, 0.3) is 0 Å². The van der Waals surface area contributed by atoms with Gasteiger partial charge in [0, 0.05) is 12.6 Å². The van der Waals surface area contributed by atoms with Crippen molar-refractivity contribution in [1.82, 2.24) is 9.78 Å². The van der Waals surface area contributed by atoms with Crippen molar-refractivity contribution in [3.63, 3.8) is 0 Å². The Morgan fingerprint density at radius 2 is 2.25 bits per heavy atom. The second-order valence-electron chi connectivity index (χ2n) is 4.95. The van der Waals surface area contributed by atoms with Crippen LogP contribution < -0.4 is 5.32 Å². The fourth-order valence-corrected chi connectivity index (χ4v) is 4.13. The van der Waals surface area contributed by atoms with Gasteiger partial charge in [-0.25, -0.2) is 13.1 Å². The molecule has 0 bridgehead atoms. The maximum absolute atomic E-state index is 11.6. The minimum absolute atomic E-state index is 0.0120. The summed E-state index contributed by atoms with van der Waals surface area (Å²) in [5.74, 6) is 0.509. The summed E-state index contributed by atoms with van der Waals surface area (Å²) in [6.45, 7) is 3.89. The normalized spacial score (nSPS) is 21.6. The molecule has 1 aliphatic heterocycles. The van der Waals surface area contributed by atoms with E-state index in [4.69, 9.17) is 0 Å². The first-order valence-electron chi connectivity index (χ1n) is 6.53. The van der Waals surface area contributed by atoms with Gasteiger partial charge >= 0.3 is 5.69 Å². The molecule has 0 amide bonds. The van der Waals surface area contributed by atoms with Crippen LogP contribution in [-0.2, 0) is 16.4 Å². The number of aryl methyl sites for hydroxylation is 2. The standard InChI is InChI=1S/C11H18N4O4S/c1-3-14-11(10(15(16)17)8(2)13-14)12-9-5-4-6-20(18,19)7-9/h9,12H,3-7H2,1-2H3. The van der Waals surface area contributed by atoms with Gasteiger partial charge in [-0.1, -0.05) is 0 Å². The van der Waals surface area contributed by atoms with Gasteiger partial charge in [0.2, 0.25) is 5.82 Å². The highest BCUT2D eigenvalue weighted by atomic mass is 32.2. The lowest BCUT2D eigenvalue weighted by Gasteiger charge is -2.23. The van der Waals surface area contributed by atoms with E-state index in [0.717, 1.165) is 0 Å². The summed E-state index contributed by atoms with van der Waals surface area (Å²) in [6.07, 6.45) is 1.26. The number of sulfone groups is 1. The Hall–Kier alpha value is -1.64. The van der Waals surface area contributed by atoms with Crippen LogP contribution >= 0.6 is 0 Å². The lowest BCUT2D eigenvalue weighted by Crippen LogP contribution is -2.35. The molecule has 1 aliphatic rings. The SMILES string of the molecule is CCn1nc(C)c([N+](=O)[O-])c1NC1CCCS(=O)(=O)C1. The molecule has 1 unspecified atom stereocenters. The second-order valence-corrected chi connectivity index (χ2v) is 7.18. The van der Waals surface area contributed by atoms with E-state index in [1.807, 2.05) is 6.92 Å². The highest BCUT2D eigenvalue weighted by Gasteiger charge is 2.30. The van der Waals surface area contributed by atoms with Crippen LogP contribution in [0.3, 0.4) is 0 Å². The lowest BCUT2D eigenvalue weighted by molar-refractivity contribution is -0.384. The van der Waals surface area contributed by atoms with E-state index in [-0.39, 0.29) is 23.2 Å². The molecule has 9 heteroatoms. The molecular weight excluding hydrogens is 284 g/mol. The molecule has 1 N–H and O–H groups in total. The molecule has 1 saturated heterocycles. The highest BCUT2D eigenvalue weighted by Crippen LogP contribution is 2.30. The van der Waals surface area contributed by atoms with Gasteiger partial charge in [-0.3, -0.25) is 10.1 Å². The third kappa shape index (κ3) is 2.92. The van der Waals surface area contributed by atoms with Crippen LogP contribution in [0.4, 0.5) is 11.5 Å². The number of rotatable bonds is 4. The average Bonchev–Trinajstić information content (AvgIpc) is 2.64. The number of nitrogens with zero attached hydrogens (tertiary/aromatic N) is 3. The molecule has 112 valence electrons. The summed E-state index contributed by atoms with van der Waals surface area (Å²) in [5, 5.41) is 18.3. The molecule has 2 heterocycles. The Kier molecular flexibility index (Phi) is 3.98. The largest absolute Gasteiger partial charge is 0.361 e. The minimum Gasteiger partial charge on any atom is -0.361 e. The zero-order valence-corrected chi connectivity index (χ0v) is 12.3. The fraction of sp³-hybridized carbons (Fsp3) is 0.727.